The van der Waals surface area contributed by atoms with E-state index in [0.717, 1.165) is 11.3 Å². The molecule has 0 bridgehead atoms. The van der Waals surface area contributed by atoms with E-state index in [2.05, 4.69) is 10.3 Å². The highest BCUT2D eigenvalue weighted by molar-refractivity contribution is 7.16. The van der Waals surface area contributed by atoms with Crippen molar-refractivity contribution in [3.63, 3.8) is 0 Å². The molecule has 0 aliphatic carbocycles. The summed E-state index contributed by atoms with van der Waals surface area (Å²) in [5, 5.41) is 12.9. The Bertz CT molecular complexity index is 858. The molecule has 24 heavy (non-hydrogen) atoms. The molecule has 0 spiro atoms. The Morgan fingerprint density at radius 1 is 1.17 bits per heavy atom. The quantitative estimate of drug-likeness (QED) is 0.710. The van der Waals surface area contributed by atoms with Gasteiger partial charge in [0.05, 0.1) is 12.1 Å². The van der Waals surface area contributed by atoms with E-state index in [0.29, 0.717) is 21.3 Å². The van der Waals surface area contributed by atoms with E-state index in [1.165, 1.54) is 23.5 Å². The van der Waals surface area contributed by atoms with E-state index in [1.807, 2.05) is 31.2 Å². The van der Waals surface area contributed by atoms with E-state index < -0.39 is 5.97 Å². The van der Waals surface area contributed by atoms with Crippen molar-refractivity contribution < 1.29 is 14.3 Å². The molecule has 3 aromatic rings. The second kappa shape index (κ2) is 6.80. The number of benzene rings is 2. The second-order valence-corrected chi connectivity index (χ2v) is 6.44. The number of rotatable bonds is 5. The smallest absolute Gasteiger partial charge is 0.308 e. The average Bonchev–Trinajstić information content (AvgIpc) is 2.92. The Labute approximate surface area is 142 Å². The Hall–Kier alpha value is -2.73. The SMILES string of the molecule is Cc1ccc(Nc2nc(-c3ccc(F)cc3)c(CC(=O)O)s2)cc1. The van der Waals surface area contributed by atoms with Gasteiger partial charge in [-0.25, -0.2) is 9.37 Å². The van der Waals surface area contributed by atoms with Crippen LogP contribution in [0.5, 0.6) is 0 Å². The molecule has 0 fully saturated rings. The van der Waals surface area contributed by atoms with Gasteiger partial charge in [0.1, 0.15) is 5.82 Å². The van der Waals surface area contributed by atoms with Crippen LogP contribution in [0, 0.1) is 12.7 Å². The van der Waals surface area contributed by atoms with Crippen LogP contribution in [0.2, 0.25) is 0 Å². The molecule has 6 heteroatoms. The molecule has 2 N–H and O–H groups in total. The van der Waals surface area contributed by atoms with Crippen LogP contribution in [-0.4, -0.2) is 16.1 Å². The maximum atomic E-state index is 13.1. The molecule has 1 heterocycles. The van der Waals surface area contributed by atoms with Gasteiger partial charge in [-0.2, -0.15) is 0 Å². The minimum atomic E-state index is -0.927. The van der Waals surface area contributed by atoms with Crippen LogP contribution in [0.15, 0.2) is 48.5 Å². The van der Waals surface area contributed by atoms with Crippen LogP contribution in [0.1, 0.15) is 10.4 Å². The van der Waals surface area contributed by atoms with Crippen molar-refractivity contribution in [3.8, 4) is 11.3 Å². The number of thiazole rings is 1. The fourth-order valence-corrected chi connectivity index (χ4v) is 3.25. The first kappa shape index (κ1) is 16.1. The monoisotopic (exact) mass is 342 g/mol. The summed E-state index contributed by atoms with van der Waals surface area (Å²) in [5.74, 6) is -1.27. The van der Waals surface area contributed by atoms with E-state index in [-0.39, 0.29) is 12.2 Å². The van der Waals surface area contributed by atoms with Gasteiger partial charge in [-0.1, -0.05) is 17.7 Å². The highest BCUT2D eigenvalue weighted by Gasteiger charge is 2.16. The highest BCUT2D eigenvalue weighted by atomic mass is 32.1. The lowest BCUT2D eigenvalue weighted by Crippen LogP contribution is -1.99. The number of carboxylic acid groups (broad SMARTS) is 1. The van der Waals surface area contributed by atoms with Gasteiger partial charge in [0.15, 0.2) is 5.13 Å². The molecule has 0 saturated heterocycles. The zero-order valence-electron chi connectivity index (χ0n) is 12.9. The third-order valence-electron chi connectivity index (χ3n) is 3.43. The van der Waals surface area contributed by atoms with Crippen LogP contribution in [0.25, 0.3) is 11.3 Å². The van der Waals surface area contributed by atoms with Crippen molar-refractivity contribution in [3.05, 3.63) is 64.8 Å². The molecule has 2 aromatic carbocycles. The molecule has 3 rings (SSSR count). The van der Waals surface area contributed by atoms with Gasteiger partial charge in [-0.3, -0.25) is 4.79 Å². The summed E-state index contributed by atoms with van der Waals surface area (Å²) < 4.78 is 13.1. The summed E-state index contributed by atoms with van der Waals surface area (Å²) in [6.45, 7) is 2.00. The summed E-state index contributed by atoms with van der Waals surface area (Å²) in [5.41, 5.74) is 3.29. The van der Waals surface area contributed by atoms with E-state index in [9.17, 15) is 9.18 Å². The fourth-order valence-electron chi connectivity index (χ4n) is 2.26. The van der Waals surface area contributed by atoms with Crippen LogP contribution in [-0.2, 0) is 11.2 Å². The topological polar surface area (TPSA) is 62.2 Å². The third-order valence-corrected chi connectivity index (χ3v) is 4.40. The second-order valence-electron chi connectivity index (χ2n) is 5.36. The number of aryl methyl sites for hydroxylation is 1. The number of carbonyl (C=O) groups is 1. The maximum absolute atomic E-state index is 13.1. The average molecular weight is 342 g/mol. The Morgan fingerprint density at radius 3 is 2.46 bits per heavy atom. The van der Waals surface area contributed by atoms with E-state index >= 15 is 0 Å². The minimum absolute atomic E-state index is 0.125. The van der Waals surface area contributed by atoms with Gasteiger partial charge in [0.2, 0.25) is 0 Å². The number of aromatic nitrogens is 1. The summed E-state index contributed by atoms with van der Waals surface area (Å²) in [7, 11) is 0. The lowest BCUT2D eigenvalue weighted by Gasteiger charge is -2.02. The molecule has 0 aliphatic heterocycles. The minimum Gasteiger partial charge on any atom is -0.481 e. The molecule has 0 aliphatic rings. The number of halogens is 1. The summed E-state index contributed by atoms with van der Waals surface area (Å²) in [6, 6.07) is 13.7. The Kier molecular flexibility index (Phi) is 4.57. The first-order valence-corrected chi connectivity index (χ1v) is 8.14. The first-order valence-electron chi connectivity index (χ1n) is 7.32. The van der Waals surface area contributed by atoms with Crippen molar-refractivity contribution in [2.24, 2.45) is 0 Å². The number of aliphatic carboxylic acids is 1. The Balaban J connectivity index is 1.94. The normalized spacial score (nSPS) is 10.6. The van der Waals surface area contributed by atoms with Crippen molar-refractivity contribution in [1.29, 1.82) is 0 Å². The van der Waals surface area contributed by atoms with Crippen molar-refractivity contribution in [1.82, 2.24) is 4.98 Å². The summed E-state index contributed by atoms with van der Waals surface area (Å²) in [6.07, 6.45) is -0.125. The number of anilines is 2. The number of hydrogen-bond acceptors (Lipinski definition) is 4. The first-order chi connectivity index (χ1) is 11.5. The zero-order valence-corrected chi connectivity index (χ0v) is 13.7. The molecule has 0 unspecified atom stereocenters. The summed E-state index contributed by atoms with van der Waals surface area (Å²) in [4.78, 5) is 16.2. The predicted octanol–water partition coefficient (Wildman–Crippen LogP) is 4.63. The van der Waals surface area contributed by atoms with Crippen molar-refractivity contribution >= 4 is 28.1 Å². The summed E-state index contributed by atoms with van der Waals surface area (Å²) >= 11 is 1.29. The fraction of sp³-hybridized carbons (Fsp3) is 0.111. The number of carboxylic acids is 1. The highest BCUT2D eigenvalue weighted by Crippen LogP contribution is 2.33. The predicted molar refractivity (Wildman–Crippen MR) is 93.3 cm³/mol. The van der Waals surface area contributed by atoms with Gasteiger partial charge in [-0.05, 0) is 43.3 Å². The van der Waals surface area contributed by atoms with Crippen LogP contribution in [0.4, 0.5) is 15.2 Å². The van der Waals surface area contributed by atoms with Gasteiger partial charge < -0.3 is 10.4 Å². The maximum Gasteiger partial charge on any atom is 0.308 e. The molecule has 0 saturated carbocycles. The molecule has 1 aromatic heterocycles. The standard InChI is InChI=1S/C18H15FN2O2S/c1-11-2-8-14(9-3-11)20-18-21-17(15(24-18)10-16(22)23)12-4-6-13(19)7-5-12/h2-9H,10H2,1H3,(H,20,21)(H,22,23). The molecular weight excluding hydrogens is 327 g/mol. The van der Waals surface area contributed by atoms with Crippen LogP contribution < -0.4 is 5.32 Å². The van der Waals surface area contributed by atoms with Gasteiger partial charge in [-0.15, -0.1) is 11.3 Å². The molecule has 0 atom stereocenters. The third kappa shape index (κ3) is 3.78. The number of nitrogens with zero attached hydrogens (tertiary/aromatic N) is 1. The molecule has 0 amide bonds. The van der Waals surface area contributed by atoms with Crippen LogP contribution in [0.3, 0.4) is 0 Å². The largest absolute Gasteiger partial charge is 0.481 e. The molecule has 0 radical (unpaired) electrons. The van der Waals surface area contributed by atoms with Crippen LogP contribution >= 0.6 is 11.3 Å². The molecule has 122 valence electrons. The molecular formula is C18H15FN2O2S. The number of hydrogen-bond donors (Lipinski definition) is 2. The zero-order chi connectivity index (χ0) is 17.1. The van der Waals surface area contributed by atoms with E-state index in [4.69, 9.17) is 5.11 Å². The van der Waals surface area contributed by atoms with Gasteiger partial charge in [0.25, 0.3) is 0 Å². The number of nitrogens with one attached hydrogen (secondary N) is 1. The van der Waals surface area contributed by atoms with Crippen molar-refractivity contribution in [2.75, 3.05) is 5.32 Å². The van der Waals surface area contributed by atoms with E-state index in [1.54, 1.807) is 12.1 Å². The van der Waals surface area contributed by atoms with Gasteiger partial charge in [0, 0.05) is 16.1 Å². The molecule has 4 nitrogen and oxygen atoms in total. The van der Waals surface area contributed by atoms with Crippen molar-refractivity contribution in [2.45, 2.75) is 13.3 Å². The lowest BCUT2D eigenvalue weighted by atomic mass is 10.1. The van der Waals surface area contributed by atoms with Gasteiger partial charge >= 0.3 is 5.97 Å². The lowest BCUT2D eigenvalue weighted by molar-refractivity contribution is -0.136. The Morgan fingerprint density at radius 2 is 1.83 bits per heavy atom.